The third-order valence-electron chi connectivity index (χ3n) is 11.7. The Morgan fingerprint density at radius 2 is 1.78 bits per heavy atom. The first-order chi connectivity index (χ1) is 23.6. The van der Waals surface area contributed by atoms with Gasteiger partial charge in [0.05, 0.1) is 23.8 Å². The number of amides is 2. The van der Waals surface area contributed by atoms with Crippen molar-refractivity contribution in [2.45, 2.75) is 109 Å². The van der Waals surface area contributed by atoms with Crippen LogP contribution in [0.1, 0.15) is 95.1 Å². The second kappa shape index (κ2) is 13.4. The molecule has 3 saturated carbocycles. The van der Waals surface area contributed by atoms with Crippen LogP contribution < -0.4 is 16.2 Å². The standard InChI is InChI=1S/C38H47BN4O6/c1-5-31(39-48-32-28-20-27(37(28,2)3)21-38(32,4)49-39)42-34(44)30-19-26(18-12-17-24-13-8-6-9-14-24)33-40-22-29(35(45)43(30)33)41-36(46)47-23-25-15-10-7-11-16-25/h6-11,13-16,22,26-28,30-32H,5,12,17-21,23H2,1-4H3,(H,41,46)(H,42,44)/t26-,27?,28?,30+,31+,32-,38+/m1/s1. The summed E-state index contributed by atoms with van der Waals surface area (Å²) < 4.78 is 20.1. The minimum Gasteiger partial charge on any atom is -0.444 e. The first-order valence-electron chi connectivity index (χ1n) is 17.8. The molecule has 10 nitrogen and oxygen atoms in total. The quantitative estimate of drug-likeness (QED) is 0.234. The van der Waals surface area contributed by atoms with Gasteiger partial charge in [0.25, 0.3) is 5.56 Å². The van der Waals surface area contributed by atoms with Gasteiger partial charge in [0.2, 0.25) is 5.91 Å². The lowest BCUT2D eigenvalue weighted by Gasteiger charge is -2.63. The minimum atomic E-state index is -0.793. The number of carbonyl (C=O) groups excluding carboxylic acids is 2. The van der Waals surface area contributed by atoms with E-state index in [0.29, 0.717) is 30.5 Å². The van der Waals surface area contributed by atoms with Crippen LogP contribution in [0.2, 0.25) is 0 Å². The Labute approximate surface area is 288 Å². The summed E-state index contributed by atoms with van der Waals surface area (Å²) in [5, 5.41) is 5.77. The molecule has 258 valence electrons. The van der Waals surface area contributed by atoms with Gasteiger partial charge in [-0.25, -0.2) is 9.78 Å². The highest BCUT2D eigenvalue weighted by Gasteiger charge is 2.67. The van der Waals surface area contributed by atoms with Crippen LogP contribution in [0.25, 0.3) is 0 Å². The molecule has 8 rings (SSSR count). The number of benzene rings is 2. The van der Waals surface area contributed by atoms with Gasteiger partial charge >= 0.3 is 13.2 Å². The fourth-order valence-electron chi connectivity index (χ4n) is 8.75. The zero-order valence-electron chi connectivity index (χ0n) is 28.9. The number of nitrogens with one attached hydrogen (secondary N) is 2. The molecule has 2 aromatic carbocycles. The number of carbonyl (C=O) groups is 2. The van der Waals surface area contributed by atoms with E-state index in [2.05, 4.69) is 48.5 Å². The molecular weight excluding hydrogens is 619 g/mol. The van der Waals surface area contributed by atoms with Gasteiger partial charge in [0, 0.05) is 5.92 Å². The molecule has 3 heterocycles. The van der Waals surface area contributed by atoms with Crippen molar-refractivity contribution < 1.29 is 23.6 Å². The Bertz CT molecular complexity index is 1730. The molecule has 3 aromatic rings. The number of rotatable bonds is 11. The van der Waals surface area contributed by atoms with Gasteiger partial charge in [0.15, 0.2) is 0 Å². The van der Waals surface area contributed by atoms with E-state index in [9.17, 15) is 14.4 Å². The summed E-state index contributed by atoms with van der Waals surface area (Å²) in [6, 6.07) is 18.8. The predicted octanol–water partition coefficient (Wildman–Crippen LogP) is 6.21. The zero-order chi connectivity index (χ0) is 34.3. The number of ether oxygens (including phenoxy) is 1. The molecule has 5 aliphatic rings. The van der Waals surface area contributed by atoms with E-state index in [-0.39, 0.29) is 47.2 Å². The first-order valence-corrected chi connectivity index (χ1v) is 17.8. The van der Waals surface area contributed by atoms with Gasteiger partial charge in [-0.2, -0.15) is 0 Å². The van der Waals surface area contributed by atoms with Crippen molar-refractivity contribution in [3.8, 4) is 0 Å². The van der Waals surface area contributed by atoms with E-state index >= 15 is 0 Å². The second-order valence-electron chi connectivity index (χ2n) is 15.2. The Morgan fingerprint density at radius 1 is 1.06 bits per heavy atom. The molecule has 3 aliphatic carbocycles. The largest absolute Gasteiger partial charge is 0.481 e. The molecule has 7 atom stereocenters. The molecule has 2 aliphatic heterocycles. The maximum absolute atomic E-state index is 14.2. The predicted molar refractivity (Wildman–Crippen MR) is 187 cm³/mol. The van der Waals surface area contributed by atoms with E-state index in [0.717, 1.165) is 37.7 Å². The molecular formula is C38H47BN4O6. The van der Waals surface area contributed by atoms with Crippen molar-refractivity contribution in [3.63, 3.8) is 0 Å². The summed E-state index contributed by atoms with van der Waals surface area (Å²) >= 11 is 0. The van der Waals surface area contributed by atoms with Crippen molar-refractivity contribution in [3.05, 3.63) is 94.2 Å². The normalized spacial score (nSPS) is 28.2. The SMILES string of the molecule is CC[C@H](NC(=O)[C@@H]1C[C@@H](CCCc2ccccc2)c2ncc(NC(=O)OCc3ccccc3)c(=O)n21)B1O[C@@H]2C3CC(C[C@]2(C)O1)C3(C)C. The van der Waals surface area contributed by atoms with E-state index in [1.54, 1.807) is 0 Å². The molecule has 11 heteroatoms. The molecule has 49 heavy (non-hydrogen) atoms. The smallest absolute Gasteiger partial charge is 0.444 e. The second-order valence-corrected chi connectivity index (χ2v) is 15.2. The van der Waals surface area contributed by atoms with Crippen molar-refractivity contribution in [2.24, 2.45) is 17.3 Å². The third kappa shape index (κ3) is 6.43. The minimum absolute atomic E-state index is 0.00764. The molecule has 4 fully saturated rings. The van der Waals surface area contributed by atoms with Gasteiger partial charge in [-0.3, -0.25) is 19.5 Å². The van der Waals surface area contributed by atoms with Crippen molar-refractivity contribution in [2.75, 3.05) is 5.32 Å². The van der Waals surface area contributed by atoms with Crippen LogP contribution in [-0.2, 0) is 31.9 Å². The van der Waals surface area contributed by atoms with Crippen LogP contribution in [0.3, 0.4) is 0 Å². The van der Waals surface area contributed by atoms with Crippen LogP contribution >= 0.6 is 0 Å². The number of anilines is 1. The van der Waals surface area contributed by atoms with Gasteiger partial charge in [-0.15, -0.1) is 0 Å². The number of aromatic nitrogens is 2. The third-order valence-corrected chi connectivity index (χ3v) is 11.7. The molecule has 0 radical (unpaired) electrons. The van der Waals surface area contributed by atoms with Crippen LogP contribution in [-0.4, -0.2) is 46.3 Å². The van der Waals surface area contributed by atoms with Gasteiger partial charge in [-0.05, 0) is 80.2 Å². The lowest BCUT2D eigenvalue weighted by Crippen LogP contribution is -2.63. The molecule has 0 spiro atoms. The molecule has 2 amide bonds. The number of hydrogen-bond acceptors (Lipinski definition) is 7. The Hall–Kier alpha value is -3.96. The van der Waals surface area contributed by atoms with E-state index in [4.69, 9.17) is 14.0 Å². The summed E-state index contributed by atoms with van der Waals surface area (Å²) in [5.41, 5.74) is 1.42. The highest BCUT2D eigenvalue weighted by atomic mass is 16.7. The average Bonchev–Trinajstić information content (AvgIpc) is 3.66. The van der Waals surface area contributed by atoms with E-state index in [1.807, 2.05) is 55.5 Å². The lowest BCUT2D eigenvalue weighted by molar-refractivity contribution is -0.185. The topological polar surface area (TPSA) is 121 Å². The summed E-state index contributed by atoms with van der Waals surface area (Å²) in [6.45, 7) is 8.87. The number of aryl methyl sites for hydroxylation is 1. The van der Waals surface area contributed by atoms with Gasteiger partial charge in [-0.1, -0.05) is 81.4 Å². The van der Waals surface area contributed by atoms with Crippen LogP contribution in [0.5, 0.6) is 0 Å². The maximum atomic E-state index is 14.2. The van der Waals surface area contributed by atoms with Gasteiger partial charge < -0.3 is 19.4 Å². The van der Waals surface area contributed by atoms with Gasteiger partial charge in [0.1, 0.15) is 24.2 Å². The lowest BCUT2D eigenvalue weighted by atomic mass is 9.45. The fraction of sp³-hybridized carbons (Fsp3) is 0.526. The summed E-state index contributed by atoms with van der Waals surface area (Å²) in [6.07, 6.45) is 6.30. The molecule has 1 aromatic heterocycles. The first kappa shape index (κ1) is 33.5. The van der Waals surface area contributed by atoms with Crippen molar-refractivity contribution in [1.29, 1.82) is 0 Å². The Balaban J connectivity index is 1.08. The Kier molecular flexibility index (Phi) is 9.17. The van der Waals surface area contributed by atoms with Crippen LogP contribution in [0.4, 0.5) is 10.5 Å². The monoisotopic (exact) mass is 666 g/mol. The average molecular weight is 667 g/mol. The number of fused-ring (bicyclic) bond motifs is 1. The zero-order valence-corrected chi connectivity index (χ0v) is 28.9. The molecule has 2 N–H and O–H groups in total. The van der Waals surface area contributed by atoms with Crippen LogP contribution in [0.15, 0.2) is 71.7 Å². The number of hydrogen-bond donors (Lipinski definition) is 2. The summed E-state index contributed by atoms with van der Waals surface area (Å²) in [4.78, 5) is 45.5. The van der Waals surface area contributed by atoms with E-state index in [1.165, 1.54) is 16.3 Å². The van der Waals surface area contributed by atoms with Crippen molar-refractivity contribution >= 4 is 24.8 Å². The molecule has 2 unspecified atom stereocenters. The maximum Gasteiger partial charge on any atom is 0.481 e. The van der Waals surface area contributed by atoms with Crippen LogP contribution in [0, 0.1) is 17.3 Å². The number of nitrogens with zero attached hydrogens (tertiary/aromatic N) is 2. The Morgan fingerprint density at radius 3 is 2.47 bits per heavy atom. The highest BCUT2D eigenvalue weighted by molar-refractivity contribution is 6.47. The van der Waals surface area contributed by atoms with Crippen molar-refractivity contribution in [1.82, 2.24) is 14.9 Å². The highest BCUT2D eigenvalue weighted by Crippen LogP contribution is 2.64. The van der Waals surface area contributed by atoms with E-state index < -0.39 is 24.8 Å². The molecule has 2 bridgehead atoms. The molecule has 1 saturated heterocycles. The summed E-state index contributed by atoms with van der Waals surface area (Å²) in [7, 11) is -0.566. The summed E-state index contributed by atoms with van der Waals surface area (Å²) in [5.74, 6) is 0.853. The fourth-order valence-corrected chi connectivity index (χ4v) is 8.75.